The lowest BCUT2D eigenvalue weighted by molar-refractivity contribution is -0.127. The third-order valence-electron chi connectivity index (χ3n) is 3.55. The van der Waals surface area contributed by atoms with E-state index in [0.717, 1.165) is 25.3 Å². The fourth-order valence-corrected chi connectivity index (χ4v) is 3.13. The SMILES string of the molecule is CC(C)CC12CCC(C1)C(=O)NC2. The summed E-state index contributed by atoms with van der Waals surface area (Å²) in [4.78, 5) is 11.4. The fraction of sp³-hybridized carbons (Fsp3) is 0.909. The standard InChI is InChI=1S/C11H19NO/c1-8(2)5-11-4-3-9(6-11)10(13)12-7-11/h8-9H,3-7H2,1-2H3,(H,12,13). The topological polar surface area (TPSA) is 29.1 Å². The fourth-order valence-electron chi connectivity index (χ4n) is 3.13. The van der Waals surface area contributed by atoms with Gasteiger partial charge in [0.25, 0.3) is 0 Å². The highest BCUT2D eigenvalue weighted by atomic mass is 16.2. The maximum absolute atomic E-state index is 11.4. The van der Waals surface area contributed by atoms with Crippen LogP contribution < -0.4 is 5.32 Å². The number of nitrogens with one attached hydrogen (secondary N) is 1. The Balaban J connectivity index is 2.06. The van der Waals surface area contributed by atoms with Gasteiger partial charge in [-0.05, 0) is 37.0 Å². The van der Waals surface area contributed by atoms with Gasteiger partial charge in [0.1, 0.15) is 0 Å². The van der Waals surface area contributed by atoms with E-state index < -0.39 is 0 Å². The molecule has 2 rings (SSSR count). The van der Waals surface area contributed by atoms with Crippen LogP contribution in [-0.2, 0) is 4.79 Å². The highest BCUT2D eigenvalue weighted by Crippen LogP contribution is 2.47. The smallest absolute Gasteiger partial charge is 0.223 e. The molecule has 1 aliphatic heterocycles. The summed E-state index contributed by atoms with van der Waals surface area (Å²) in [6.45, 7) is 5.48. The molecule has 2 nitrogen and oxygen atoms in total. The first kappa shape index (κ1) is 9.04. The number of carbonyl (C=O) groups is 1. The van der Waals surface area contributed by atoms with E-state index in [4.69, 9.17) is 0 Å². The van der Waals surface area contributed by atoms with Crippen molar-refractivity contribution in [1.82, 2.24) is 5.32 Å². The van der Waals surface area contributed by atoms with Crippen molar-refractivity contribution >= 4 is 5.91 Å². The predicted octanol–water partition coefficient (Wildman–Crippen LogP) is 1.95. The summed E-state index contributed by atoms with van der Waals surface area (Å²) in [6.07, 6.45) is 4.81. The van der Waals surface area contributed by atoms with Gasteiger partial charge < -0.3 is 5.32 Å². The van der Waals surface area contributed by atoms with Gasteiger partial charge in [-0.25, -0.2) is 0 Å². The molecule has 2 fully saturated rings. The molecule has 0 aromatic heterocycles. The average molecular weight is 181 g/mol. The molecule has 2 unspecified atom stereocenters. The molecule has 2 bridgehead atoms. The molecular formula is C11H19NO. The van der Waals surface area contributed by atoms with Gasteiger partial charge in [0.2, 0.25) is 5.91 Å². The molecule has 1 amide bonds. The first-order chi connectivity index (χ1) is 6.11. The Bertz CT molecular complexity index is 224. The van der Waals surface area contributed by atoms with Gasteiger partial charge in [0.15, 0.2) is 0 Å². The lowest BCUT2D eigenvalue weighted by Gasteiger charge is -2.34. The molecule has 2 heteroatoms. The molecular weight excluding hydrogens is 162 g/mol. The van der Waals surface area contributed by atoms with E-state index >= 15 is 0 Å². The first-order valence-corrected chi connectivity index (χ1v) is 5.39. The summed E-state index contributed by atoms with van der Waals surface area (Å²) in [6, 6.07) is 0. The zero-order valence-corrected chi connectivity index (χ0v) is 8.60. The lowest BCUT2D eigenvalue weighted by atomic mass is 9.76. The van der Waals surface area contributed by atoms with Gasteiger partial charge >= 0.3 is 0 Å². The van der Waals surface area contributed by atoms with Crippen LogP contribution in [0.4, 0.5) is 0 Å². The number of rotatable bonds is 2. The minimum atomic E-state index is 0.303. The van der Waals surface area contributed by atoms with Crippen molar-refractivity contribution in [1.29, 1.82) is 0 Å². The molecule has 1 N–H and O–H groups in total. The Labute approximate surface area is 80.1 Å². The zero-order chi connectivity index (χ0) is 9.47. The van der Waals surface area contributed by atoms with Gasteiger partial charge in [-0.3, -0.25) is 4.79 Å². The van der Waals surface area contributed by atoms with E-state index in [1.807, 2.05) is 0 Å². The van der Waals surface area contributed by atoms with E-state index in [0.29, 0.717) is 17.2 Å². The van der Waals surface area contributed by atoms with Crippen molar-refractivity contribution in [2.45, 2.75) is 39.5 Å². The van der Waals surface area contributed by atoms with E-state index in [2.05, 4.69) is 19.2 Å². The van der Waals surface area contributed by atoms with Crippen LogP contribution in [0.1, 0.15) is 39.5 Å². The van der Waals surface area contributed by atoms with E-state index in [1.54, 1.807) is 0 Å². The van der Waals surface area contributed by atoms with Crippen LogP contribution in [-0.4, -0.2) is 12.5 Å². The van der Waals surface area contributed by atoms with Gasteiger partial charge in [-0.15, -0.1) is 0 Å². The molecule has 1 saturated carbocycles. The van der Waals surface area contributed by atoms with Crippen molar-refractivity contribution in [3.8, 4) is 0 Å². The van der Waals surface area contributed by atoms with Gasteiger partial charge in [-0.2, -0.15) is 0 Å². The third-order valence-corrected chi connectivity index (χ3v) is 3.55. The Morgan fingerprint density at radius 3 is 3.08 bits per heavy atom. The molecule has 0 aromatic carbocycles. The molecule has 2 aliphatic rings. The highest BCUT2D eigenvalue weighted by Gasteiger charge is 2.45. The van der Waals surface area contributed by atoms with E-state index in [1.165, 1.54) is 12.8 Å². The Morgan fingerprint density at radius 1 is 1.62 bits per heavy atom. The van der Waals surface area contributed by atoms with Gasteiger partial charge in [0, 0.05) is 12.5 Å². The molecule has 1 heterocycles. The number of hydrogen-bond acceptors (Lipinski definition) is 1. The van der Waals surface area contributed by atoms with Crippen molar-refractivity contribution in [3.05, 3.63) is 0 Å². The monoisotopic (exact) mass is 181 g/mol. The van der Waals surface area contributed by atoms with Gasteiger partial charge in [0.05, 0.1) is 0 Å². The Morgan fingerprint density at radius 2 is 2.38 bits per heavy atom. The van der Waals surface area contributed by atoms with Gasteiger partial charge in [-0.1, -0.05) is 13.8 Å². The number of carbonyl (C=O) groups excluding carboxylic acids is 1. The second-order valence-corrected chi connectivity index (χ2v) is 5.26. The summed E-state index contributed by atoms with van der Waals surface area (Å²) in [7, 11) is 0. The van der Waals surface area contributed by atoms with Crippen LogP contribution in [0, 0.1) is 17.3 Å². The second kappa shape index (κ2) is 3.00. The number of amides is 1. The summed E-state index contributed by atoms with van der Waals surface area (Å²) in [5.41, 5.74) is 0.465. The quantitative estimate of drug-likeness (QED) is 0.693. The van der Waals surface area contributed by atoms with E-state index in [-0.39, 0.29) is 0 Å². The first-order valence-electron chi connectivity index (χ1n) is 5.39. The molecule has 2 atom stereocenters. The Hall–Kier alpha value is -0.530. The predicted molar refractivity (Wildman–Crippen MR) is 52.2 cm³/mol. The number of fused-ring (bicyclic) bond motifs is 2. The van der Waals surface area contributed by atoms with Crippen LogP contribution in [0.5, 0.6) is 0 Å². The van der Waals surface area contributed by atoms with E-state index in [9.17, 15) is 4.79 Å². The molecule has 0 spiro atoms. The molecule has 1 saturated heterocycles. The Kier molecular flexibility index (Phi) is 2.09. The molecule has 0 aromatic rings. The molecule has 1 aliphatic carbocycles. The third kappa shape index (κ3) is 1.59. The van der Waals surface area contributed by atoms with Crippen LogP contribution in [0.2, 0.25) is 0 Å². The van der Waals surface area contributed by atoms with Crippen molar-refractivity contribution < 1.29 is 4.79 Å². The largest absolute Gasteiger partial charge is 0.355 e. The second-order valence-electron chi connectivity index (χ2n) is 5.26. The van der Waals surface area contributed by atoms with Crippen LogP contribution in [0.15, 0.2) is 0 Å². The van der Waals surface area contributed by atoms with Crippen LogP contribution in [0.3, 0.4) is 0 Å². The minimum Gasteiger partial charge on any atom is -0.355 e. The maximum atomic E-state index is 11.4. The minimum absolute atomic E-state index is 0.303. The number of piperidine rings is 1. The van der Waals surface area contributed by atoms with Crippen LogP contribution >= 0.6 is 0 Å². The molecule has 0 radical (unpaired) electrons. The maximum Gasteiger partial charge on any atom is 0.223 e. The highest BCUT2D eigenvalue weighted by molar-refractivity contribution is 5.80. The molecule has 13 heavy (non-hydrogen) atoms. The average Bonchev–Trinajstić information content (AvgIpc) is 2.38. The molecule has 74 valence electrons. The summed E-state index contributed by atoms with van der Waals surface area (Å²) < 4.78 is 0. The normalized spacial score (nSPS) is 38.1. The summed E-state index contributed by atoms with van der Waals surface area (Å²) in [5, 5.41) is 3.05. The van der Waals surface area contributed by atoms with Crippen molar-refractivity contribution in [2.75, 3.05) is 6.54 Å². The lowest BCUT2D eigenvalue weighted by Crippen LogP contribution is -2.43. The van der Waals surface area contributed by atoms with Crippen LogP contribution in [0.25, 0.3) is 0 Å². The summed E-state index contributed by atoms with van der Waals surface area (Å²) >= 11 is 0. The number of hydrogen-bond donors (Lipinski definition) is 1. The summed E-state index contributed by atoms with van der Waals surface area (Å²) in [5.74, 6) is 1.40. The van der Waals surface area contributed by atoms with Crippen molar-refractivity contribution in [2.24, 2.45) is 17.3 Å². The van der Waals surface area contributed by atoms with Crippen molar-refractivity contribution in [3.63, 3.8) is 0 Å². The zero-order valence-electron chi connectivity index (χ0n) is 8.60.